The Labute approximate surface area is 78.5 Å². The van der Waals surface area contributed by atoms with Crippen molar-refractivity contribution in [3.8, 4) is 0 Å². The van der Waals surface area contributed by atoms with E-state index in [-0.39, 0.29) is 0 Å². The molecule has 1 fully saturated rings. The lowest BCUT2D eigenvalue weighted by molar-refractivity contribution is -0.138. The van der Waals surface area contributed by atoms with E-state index in [0.29, 0.717) is 12.3 Å². The van der Waals surface area contributed by atoms with E-state index in [2.05, 4.69) is 4.90 Å². The highest BCUT2D eigenvalue weighted by Gasteiger charge is 2.23. The summed E-state index contributed by atoms with van der Waals surface area (Å²) in [7, 11) is 1.69. The lowest BCUT2D eigenvalue weighted by atomic mass is 10.1. The minimum atomic E-state index is -0.682. The number of aliphatic carboxylic acids is 1. The van der Waals surface area contributed by atoms with Crippen molar-refractivity contribution in [3.05, 3.63) is 0 Å². The Balaban J connectivity index is 2.16. The molecule has 1 saturated heterocycles. The number of rotatable bonds is 5. The van der Waals surface area contributed by atoms with Crippen molar-refractivity contribution in [2.45, 2.75) is 12.8 Å². The molecule has 0 bridgehead atoms. The van der Waals surface area contributed by atoms with Crippen molar-refractivity contribution in [3.63, 3.8) is 0 Å². The van der Waals surface area contributed by atoms with Crippen LogP contribution in [0.2, 0.25) is 0 Å². The Kier molecular flexibility index (Phi) is 4.18. The molecular weight excluding hydrogens is 170 g/mol. The quantitative estimate of drug-likeness (QED) is 0.678. The van der Waals surface area contributed by atoms with Crippen LogP contribution >= 0.6 is 0 Å². The summed E-state index contributed by atoms with van der Waals surface area (Å²) in [5.41, 5.74) is 0. The van der Waals surface area contributed by atoms with Gasteiger partial charge in [0, 0.05) is 26.6 Å². The number of nitrogens with zero attached hydrogens (tertiary/aromatic N) is 1. The van der Waals surface area contributed by atoms with E-state index in [0.717, 1.165) is 32.7 Å². The average Bonchev–Trinajstić information content (AvgIpc) is 2.48. The van der Waals surface area contributed by atoms with Crippen LogP contribution in [-0.2, 0) is 9.53 Å². The topological polar surface area (TPSA) is 49.8 Å². The van der Waals surface area contributed by atoms with Gasteiger partial charge in [0.1, 0.15) is 0 Å². The Morgan fingerprint density at radius 2 is 2.46 bits per heavy atom. The van der Waals surface area contributed by atoms with Crippen LogP contribution in [0.4, 0.5) is 0 Å². The molecule has 1 aliphatic heterocycles. The molecule has 0 radical (unpaired) electrons. The first-order valence-corrected chi connectivity index (χ1v) is 4.65. The zero-order valence-corrected chi connectivity index (χ0v) is 8.03. The molecule has 0 spiro atoms. The number of carboxylic acids is 1. The molecule has 0 saturated carbocycles. The van der Waals surface area contributed by atoms with Gasteiger partial charge in [-0.25, -0.2) is 0 Å². The van der Waals surface area contributed by atoms with Crippen molar-refractivity contribution in [1.29, 1.82) is 0 Å². The van der Waals surface area contributed by atoms with Gasteiger partial charge in [-0.2, -0.15) is 0 Å². The monoisotopic (exact) mass is 187 g/mol. The van der Waals surface area contributed by atoms with Crippen LogP contribution < -0.4 is 0 Å². The first kappa shape index (κ1) is 10.5. The average molecular weight is 187 g/mol. The van der Waals surface area contributed by atoms with E-state index in [9.17, 15) is 4.79 Å². The molecule has 1 rings (SSSR count). The van der Waals surface area contributed by atoms with E-state index >= 15 is 0 Å². The zero-order valence-electron chi connectivity index (χ0n) is 8.03. The largest absolute Gasteiger partial charge is 0.481 e. The molecule has 0 aromatic heterocycles. The molecule has 4 nitrogen and oxygen atoms in total. The summed E-state index contributed by atoms with van der Waals surface area (Å²) in [6.07, 6.45) is 1.32. The molecule has 0 aromatic rings. The summed E-state index contributed by atoms with van der Waals surface area (Å²) in [5, 5.41) is 8.59. The van der Waals surface area contributed by atoms with Gasteiger partial charge in [-0.3, -0.25) is 4.79 Å². The van der Waals surface area contributed by atoms with Crippen LogP contribution in [0.25, 0.3) is 0 Å². The van der Waals surface area contributed by atoms with Crippen molar-refractivity contribution < 1.29 is 14.6 Å². The van der Waals surface area contributed by atoms with Crippen molar-refractivity contribution in [1.82, 2.24) is 4.90 Å². The van der Waals surface area contributed by atoms with Crippen molar-refractivity contribution >= 4 is 5.97 Å². The number of ether oxygens (including phenoxy) is 1. The Bertz CT molecular complexity index is 172. The molecule has 76 valence electrons. The summed E-state index contributed by atoms with van der Waals surface area (Å²) in [6.45, 7) is 3.59. The van der Waals surface area contributed by atoms with Gasteiger partial charge in [0.2, 0.25) is 0 Å². The van der Waals surface area contributed by atoms with E-state index in [4.69, 9.17) is 9.84 Å². The second kappa shape index (κ2) is 5.19. The normalized spacial score (nSPS) is 23.6. The Hall–Kier alpha value is -0.610. The van der Waals surface area contributed by atoms with E-state index in [1.165, 1.54) is 0 Å². The van der Waals surface area contributed by atoms with Crippen molar-refractivity contribution in [2.24, 2.45) is 5.92 Å². The van der Waals surface area contributed by atoms with Crippen LogP contribution in [-0.4, -0.2) is 49.3 Å². The molecule has 4 heteroatoms. The number of likely N-dealkylation sites (tertiary alicyclic amines) is 1. The zero-order chi connectivity index (χ0) is 9.68. The van der Waals surface area contributed by atoms with Gasteiger partial charge in [0.15, 0.2) is 0 Å². The van der Waals surface area contributed by atoms with Gasteiger partial charge in [-0.15, -0.1) is 0 Å². The fourth-order valence-electron chi connectivity index (χ4n) is 1.75. The maximum absolute atomic E-state index is 10.4. The Morgan fingerprint density at radius 1 is 1.69 bits per heavy atom. The third kappa shape index (κ3) is 3.74. The second-order valence-corrected chi connectivity index (χ2v) is 3.55. The molecule has 0 amide bonds. The predicted octanol–water partition coefficient (Wildman–Crippen LogP) is 0.429. The molecule has 0 aromatic carbocycles. The highest BCUT2D eigenvalue weighted by molar-refractivity contribution is 5.67. The van der Waals surface area contributed by atoms with E-state index in [1.54, 1.807) is 7.11 Å². The highest BCUT2D eigenvalue weighted by Crippen LogP contribution is 2.18. The highest BCUT2D eigenvalue weighted by atomic mass is 16.5. The third-order valence-electron chi connectivity index (χ3n) is 2.44. The fourth-order valence-corrected chi connectivity index (χ4v) is 1.75. The molecule has 0 aliphatic carbocycles. The molecule has 1 atom stereocenters. The standard InChI is InChI=1S/C9H17NO3/c1-13-5-4-10-3-2-8(7-10)6-9(11)12/h8H,2-7H2,1H3,(H,11,12). The number of carbonyl (C=O) groups is 1. The number of methoxy groups -OCH3 is 1. The molecule has 1 aliphatic rings. The van der Waals surface area contributed by atoms with Crippen LogP contribution in [0.5, 0.6) is 0 Å². The summed E-state index contributed by atoms with van der Waals surface area (Å²) in [4.78, 5) is 12.7. The van der Waals surface area contributed by atoms with Gasteiger partial charge < -0.3 is 14.7 Å². The lowest BCUT2D eigenvalue weighted by Crippen LogP contribution is -2.25. The minimum Gasteiger partial charge on any atom is -0.481 e. The van der Waals surface area contributed by atoms with Gasteiger partial charge >= 0.3 is 5.97 Å². The first-order valence-electron chi connectivity index (χ1n) is 4.65. The summed E-state index contributed by atoms with van der Waals surface area (Å²) >= 11 is 0. The number of hydrogen-bond donors (Lipinski definition) is 1. The SMILES string of the molecule is COCCN1CCC(CC(=O)O)C1. The Morgan fingerprint density at radius 3 is 3.08 bits per heavy atom. The minimum absolute atomic E-state index is 0.309. The van der Waals surface area contributed by atoms with Crippen LogP contribution in [0.1, 0.15) is 12.8 Å². The molecule has 13 heavy (non-hydrogen) atoms. The molecule has 1 N–H and O–H groups in total. The van der Waals surface area contributed by atoms with E-state index < -0.39 is 5.97 Å². The van der Waals surface area contributed by atoms with Crippen molar-refractivity contribution in [2.75, 3.05) is 33.4 Å². The van der Waals surface area contributed by atoms with Gasteiger partial charge in [0.05, 0.1) is 6.61 Å². The smallest absolute Gasteiger partial charge is 0.303 e. The molecule has 1 unspecified atom stereocenters. The van der Waals surface area contributed by atoms with Crippen LogP contribution in [0, 0.1) is 5.92 Å². The number of hydrogen-bond acceptors (Lipinski definition) is 3. The summed E-state index contributed by atoms with van der Waals surface area (Å²) in [6, 6.07) is 0. The molecule has 1 heterocycles. The van der Waals surface area contributed by atoms with Gasteiger partial charge in [-0.05, 0) is 18.9 Å². The third-order valence-corrected chi connectivity index (χ3v) is 2.44. The summed E-state index contributed by atoms with van der Waals surface area (Å²) < 4.78 is 4.96. The predicted molar refractivity (Wildman–Crippen MR) is 48.7 cm³/mol. The fraction of sp³-hybridized carbons (Fsp3) is 0.889. The summed E-state index contributed by atoms with van der Waals surface area (Å²) in [5.74, 6) is -0.340. The lowest BCUT2D eigenvalue weighted by Gasteiger charge is -2.14. The van der Waals surface area contributed by atoms with Gasteiger partial charge in [0.25, 0.3) is 0 Å². The van der Waals surface area contributed by atoms with Gasteiger partial charge in [-0.1, -0.05) is 0 Å². The maximum atomic E-state index is 10.4. The van der Waals surface area contributed by atoms with E-state index in [1.807, 2.05) is 0 Å². The molecular formula is C9H17NO3. The van der Waals surface area contributed by atoms with Crippen LogP contribution in [0.15, 0.2) is 0 Å². The number of carboxylic acid groups (broad SMARTS) is 1. The second-order valence-electron chi connectivity index (χ2n) is 3.55. The maximum Gasteiger partial charge on any atom is 0.303 e. The first-order chi connectivity index (χ1) is 6.22. The van der Waals surface area contributed by atoms with Crippen LogP contribution in [0.3, 0.4) is 0 Å².